The molecule has 0 spiro atoms. The van der Waals surface area contributed by atoms with Crippen molar-refractivity contribution in [3.8, 4) is 11.8 Å². The molecule has 0 saturated carbocycles. The lowest BCUT2D eigenvalue weighted by molar-refractivity contribution is 0.526. The van der Waals surface area contributed by atoms with Gasteiger partial charge in [-0.3, -0.25) is 4.79 Å². The maximum atomic E-state index is 10.5. The van der Waals surface area contributed by atoms with Crippen LogP contribution in [-0.4, -0.2) is 10.6 Å². The summed E-state index contributed by atoms with van der Waals surface area (Å²) in [4.78, 5) is 10.5. The number of hydrogen-bond acceptors (Lipinski definition) is 0. The van der Waals surface area contributed by atoms with Gasteiger partial charge in [-0.15, -0.1) is 0 Å². The minimum absolute atomic E-state index is 0.337. The van der Waals surface area contributed by atoms with E-state index in [2.05, 4.69) is 11.8 Å². The van der Waals surface area contributed by atoms with Crippen molar-refractivity contribution in [2.24, 2.45) is 5.41 Å². The molecule has 0 aliphatic carbocycles. The SMILES string of the molecule is CC[C@](C)(C#Cc1ccccc1)C(=[OH+])c1ccccc1. The number of carbonyl (C=O) groups excluding carboxylic acids is 1. The van der Waals surface area contributed by atoms with Crippen LogP contribution in [0.4, 0.5) is 0 Å². The summed E-state index contributed by atoms with van der Waals surface area (Å²) in [6.07, 6.45) is 0.758. The van der Waals surface area contributed by atoms with Crippen LogP contribution < -0.4 is 0 Å². The van der Waals surface area contributed by atoms with Crippen molar-refractivity contribution >= 4 is 5.78 Å². The highest BCUT2D eigenvalue weighted by molar-refractivity contribution is 6.02. The smallest absolute Gasteiger partial charge is 0.276 e. The van der Waals surface area contributed by atoms with Crippen molar-refractivity contribution in [3.63, 3.8) is 0 Å². The number of hydrogen-bond donors (Lipinski definition) is 0. The van der Waals surface area contributed by atoms with Gasteiger partial charge in [-0.2, -0.15) is 0 Å². The molecule has 1 atom stereocenters. The van der Waals surface area contributed by atoms with Crippen LogP contribution in [0.15, 0.2) is 60.7 Å². The van der Waals surface area contributed by atoms with Crippen molar-refractivity contribution < 1.29 is 4.79 Å². The Labute approximate surface area is 120 Å². The number of ketones is 1. The van der Waals surface area contributed by atoms with Crippen LogP contribution in [0, 0.1) is 17.3 Å². The Morgan fingerprint density at radius 2 is 1.55 bits per heavy atom. The van der Waals surface area contributed by atoms with Gasteiger partial charge in [-0.25, -0.2) is 0 Å². The van der Waals surface area contributed by atoms with E-state index in [1.54, 1.807) is 0 Å². The molecule has 0 saturated heterocycles. The summed E-state index contributed by atoms with van der Waals surface area (Å²) >= 11 is 0. The van der Waals surface area contributed by atoms with E-state index < -0.39 is 5.41 Å². The molecule has 0 aliphatic rings. The second-order valence-electron chi connectivity index (χ2n) is 5.02. The van der Waals surface area contributed by atoms with Crippen LogP contribution in [0.5, 0.6) is 0 Å². The Hall–Kier alpha value is -2.33. The van der Waals surface area contributed by atoms with Crippen LogP contribution >= 0.6 is 0 Å². The Bertz CT molecular complexity index is 632. The Morgan fingerprint density at radius 3 is 2.10 bits per heavy atom. The first-order valence-electron chi connectivity index (χ1n) is 6.86. The normalized spacial score (nSPS) is 12.9. The minimum atomic E-state index is -0.531. The molecule has 2 aromatic rings. The summed E-state index contributed by atoms with van der Waals surface area (Å²) in [6, 6.07) is 19.5. The predicted molar refractivity (Wildman–Crippen MR) is 84.2 cm³/mol. The molecule has 0 bridgehead atoms. The zero-order valence-electron chi connectivity index (χ0n) is 11.9. The first kappa shape index (κ1) is 14.1. The Kier molecular flexibility index (Phi) is 4.38. The molecule has 0 radical (unpaired) electrons. The fourth-order valence-electron chi connectivity index (χ4n) is 1.96. The van der Waals surface area contributed by atoms with Crippen molar-refractivity contribution in [1.29, 1.82) is 0 Å². The molecule has 0 heterocycles. The first-order chi connectivity index (χ1) is 9.65. The van der Waals surface area contributed by atoms with Crippen molar-refractivity contribution in [1.82, 2.24) is 0 Å². The minimum Gasteiger partial charge on any atom is -0.276 e. The summed E-state index contributed by atoms with van der Waals surface area (Å²) in [5, 5.41) is 0. The Balaban J connectivity index is 2.31. The lowest BCUT2D eigenvalue weighted by Crippen LogP contribution is -2.26. The topological polar surface area (TPSA) is 21.4 Å². The molecule has 0 aliphatic heterocycles. The van der Waals surface area contributed by atoms with E-state index in [4.69, 9.17) is 0 Å². The van der Waals surface area contributed by atoms with Gasteiger partial charge in [0.25, 0.3) is 0 Å². The summed E-state index contributed by atoms with van der Waals surface area (Å²) in [6.45, 7) is 4.02. The molecular weight excluding hydrogens is 244 g/mol. The third-order valence-electron chi connectivity index (χ3n) is 3.53. The maximum Gasteiger partial charge on any atom is 0.341 e. The number of benzene rings is 2. The van der Waals surface area contributed by atoms with Crippen LogP contribution in [0.25, 0.3) is 0 Å². The monoisotopic (exact) mass is 263 g/mol. The quantitative estimate of drug-likeness (QED) is 0.453. The average Bonchev–Trinajstić information content (AvgIpc) is 2.53. The highest BCUT2D eigenvalue weighted by Crippen LogP contribution is 2.25. The standard InChI is InChI=1S/C19H18O/c1-3-19(2,15-14-16-10-6-4-7-11-16)18(20)17-12-8-5-9-13-17/h4-13H,3H2,1-2H3/p+1/t19-/m1/s1. The van der Waals surface area contributed by atoms with E-state index in [-0.39, 0.29) is 0 Å². The van der Waals surface area contributed by atoms with Crippen LogP contribution in [0.3, 0.4) is 0 Å². The highest BCUT2D eigenvalue weighted by atomic mass is 16.1. The van der Waals surface area contributed by atoms with E-state index in [9.17, 15) is 4.79 Å². The lowest BCUT2D eigenvalue weighted by Gasteiger charge is -2.15. The third kappa shape index (κ3) is 3.16. The van der Waals surface area contributed by atoms with Gasteiger partial charge >= 0.3 is 5.78 Å². The van der Waals surface area contributed by atoms with Crippen LogP contribution in [0.1, 0.15) is 31.4 Å². The fraction of sp³-hybridized carbons (Fsp3) is 0.211. The molecule has 100 valence electrons. The molecule has 2 aromatic carbocycles. The maximum absolute atomic E-state index is 10.5. The molecule has 0 amide bonds. The zero-order chi connectivity index (χ0) is 14.4. The van der Waals surface area contributed by atoms with Gasteiger partial charge in [-0.1, -0.05) is 55.2 Å². The fourth-order valence-corrected chi connectivity index (χ4v) is 1.96. The van der Waals surface area contributed by atoms with Gasteiger partial charge in [0.15, 0.2) is 0 Å². The van der Waals surface area contributed by atoms with E-state index in [1.165, 1.54) is 0 Å². The number of rotatable bonds is 3. The molecule has 1 N–H and O–H groups in total. The van der Waals surface area contributed by atoms with Crippen LogP contribution in [-0.2, 0) is 0 Å². The molecular formula is C19H19O+. The lowest BCUT2D eigenvalue weighted by atomic mass is 9.80. The van der Waals surface area contributed by atoms with Gasteiger partial charge in [0.1, 0.15) is 5.41 Å². The van der Waals surface area contributed by atoms with E-state index in [0.29, 0.717) is 5.78 Å². The van der Waals surface area contributed by atoms with Crippen LogP contribution in [0.2, 0.25) is 0 Å². The van der Waals surface area contributed by atoms with E-state index in [1.807, 2.05) is 74.5 Å². The summed E-state index contributed by atoms with van der Waals surface area (Å²) in [5.74, 6) is 6.72. The van der Waals surface area contributed by atoms with Gasteiger partial charge in [0.2, 0.25) is 0 Å². The summed E-state index contributed by atoms with van der Waals surface area (Å²) in [7, 11) is 0. The second kappa shape index (κ2) is 6.21. The first-order valence-corrected chi connectivity index (χ1v) is 6.86. The molecule has 0 unspecified atom stereocenters. The zero-order valence-corrected chi connectivity index (χ0v) is 11.9. The summed E-state index contributed by atoms with van der Waals surface area (Å²) < 4.78 is 0. The predicted octanol–water partition coefficient (Wildman–Crippen LogP) is 4.05. The molecule has 0 fully saturated rings. The van der Waals surface area contributed by atoms with Crippen molar-refractivity contribution in [3.05, 3.63) is 71.8 Å². The van der Waals surface area contributed by atoms with Crippen molar-refractivity contribution in [2.45, 2.75) is 20.3 Å². The largest absolute Gasteiger partial charge is 0.341 e. The molecule has 2 rings (SSSR count). The highest BCUT2D eigenvalue weighted by Gasteiger charge is 2.36. The Morgan fingerprint density at radius 1 is 1.00 bits per heavy atom. The average molecular weight is 263 g/mol. The molecule has 1 nitrogen and oxygen atoms in total. The third-order valence-corrected chi connectivity index (χ3v) is 3.53. The van der Waals surface area contributed by atoms with E-state index >= 15 is 0 Å². The summed E-state index contributed by atoms with van der Waals surface area (Å²) in [5.41, 5.74) is 1.27. The van der Waals surface area contributed by atoms with Gasteiger partial charge in [0.05, 0.1) is 5.56 Å². The van der Waals surface area contributed by atoms with Gasteiger partial charge in [-0.05, 0) is 37.6 Å². The molecule has 0 aromatic heterocycles. The molecule has 1 heteroatoms. The van der Waals surface area contributed by atoms with Crippen molar-refractivity contribution in [2.75, 3.05) is 0 Å². The van der Waals surface area contributed by atoms with Gasteiger partial charge in [0, 0.05) is 5.56 Å². The van der Waals surface area contributed by atoms with Gasteiger partial charge < -0.3 is 0 Å². The molecule has 20 heavy (non-hydrogen) atoms. The second-order valence-corrected chi connectivity index (χ2v) is 5.02. The van der Waals surface area contributed by atoms with E-state index in [0.717, 1.165) is 17.5 Å².